The Labute approximate surface area is 216 Å². The molecular weight excluding hydrogens is 464 g/mol. The van der Waals surface area contributed by atoms with E-state index in [0.29, 0.717) is 35.7 Å². The van der Waals surface area contributed by atoms with Crippen LogP contribution in [0.3, 0.4) is 0 Å². The molecule has 2 amide bonds. The second-order valence-electron chi connectivity index (χ2n) is 9.53. The van der Waals surface area contributed by atoms with Crippen molar-refractivity contribution < 1.29 is 14.0 Å². The number of carbonyl (C=O) groups excluding carboxylic acids is 2. The van der Waals surface area contributed by atoms with Crippen molar-refractivity contribution >= 4 is 23.2 Å². The second kappa shape index (κ2) is 10.3. The van der Waals surface area contributed by atoms with Crippen molar-refractivity contribution in [3.8, 4) is 11.3 Å². The van der Waals surface area contributed by atoms with Crippen molar-refractivity contribution in [1.29, 1.82) is 0 Å². The summed E-state index contributed by atoms with van der Waals surface area (Å²) in [7, 11) is 0. The summed E-state index contributed by atoms with van der Waals surface area (Å²) in [5, 5.41) is 2.93. The fourth-order valence-electron chi connectivity index (χ4n) is 4.79. The van der Waals surface area contributed by atoms with Gasteiger partial charge in [-0.1, -0.05) is 48.0 Å². The third kappa shape index (κ3) is 5.11. The molecule has 37 heavy (non-hydrogen) atoms. The first-order valence-electron chi connectivity index (χ1n) is 12.4. The van der Waals surface area contributed by atoms with Crippen LogP contribution in [0, 0.1) is 13.8 Å². The Morgan fingerprint density at radius 1 is 0.946 bits per heavy atom. The summed E-state index contributed by atoms with van der Waals surface area (Å²) in [4.78, 5) is 35.2. The van der Waals surface area contributed by atoms with Crippen LogP contribution in [0.4, 0.5) is 11.4 Å². The van der Waals surface area contributed by atoms with Gasteiger partial charge in [-0.05, 0) is 56.7 Å². The molecular formula is C30H30N4O3. The predicted octanol–water partition coefficient (Wildman–Crippen LogP) is 5.56. The Hall–Kier alpha value is -4.39. The highest BCUT2D eigenvalue weighted by Gasteiger charge is 2.31. The van der Waals surface area contributed by atoms with Crippen LogP contribution in [0.25, 0.3) is 11.3 Å². The molecule has 188 valence electrons. The molecule has 0 aliphatic carbocycles. The molecule has 0 radical (unpaired) electrons. The van der Waals surface area contributed by atoms with Crippen molar-refractivity contribution in [1.82, 2.24) is 9.88 Å². The molecule has 0 spiro atoms. The van der Waals surface area contributed by atoms with E-state index in [9.17, 15) is 9.59 Å². The highest BCUT2D eigenvalue weighted by Crippen LogP contribution is 2.29. The quantitative estimate of drug-likeness (QED) is 0.393. The van der Waals surface area contributed by atoms with Gasteiger partial charge in [0.25, 0.3) is 11.8 Å². The maximum absolute atomic E-state index is 13.6. The number of rotatable bonds is 5. The second-order valence-corrected chi connectivity index (χ2v) is 9.53. The normalized spacial score (nSPS) is 15.5. The smallest absolute Gasteiger partial charge is 0.276 e. The molecule has 1 aliphatic rings. The lowest BCUT2D eigenvalue weighted by Gasteiger charge is -2.41. The molecule has 3 aromatic carbocycles. The van der Waals surface area contributed by atoms with E-state index in [1.165, 1.54) is 12.0 Å². The number of amides is 2. The summed E-state index contributed by atoms with van der Waals surface area (Å²) < 4.78 is 5.70. The van der Waals surface area contributed by atoms with Crippen molar-refractivity contribution in [2.75, 3.05) is 29.9 Å². The molecule has 2 heterocycles. The zero-order valence-corrected chi connectivity index (χ0v) is 21.3. The van der Waals surface area contributed by atoms with E-state index in [1.807, 2.05) is 42.2 Å². The molecule has 1 saturated heterocycles. The average Bonchev–Trinajstić information content (AvgIpc) is 3.39. The van der Waals surface area contributed by atoms with Gasteiger partial charge in [0.05, 0.1) is 5.56 Å². The van der Waals surface area contributed by atoms with Gasteiger partial charge in [0, 0.05) is 42.6 Å². The number of carbonyl (C=O) groups is 2. The molecule has 1 fully saturated rings. The largest absolute Gasteiger partial charge is 0.443 e. The summed E-state index contributed by atoms with van der Waals surface area (Å²) in [6.45, 7) is 8.05. The van der Waals surface area contributed by atoms with Crippen molar-refractivity contribution in [2.45, 2.75) is 26.8 Å². The van der Waals surface area contributed by atoms with Gasteiger partial charge in [-0.2, -0.15) is 0 Å². The number of nitrogens with zero attached hydrogens (tertiary/aromatic N) is 3. The van der Waals surface area contributed by atoms with Crippen LogP contribution < -0.4 is 10.2 Å². The number of piperazine rings is 1. The van der Waals surface area contributed by atoms with Crippen LogP contribution in [0.1, 0.15) is 38.9 Å². The zero-order valence-electron chi connectivity index (χ0n) is 21.3. The van der Waals surface area contributed by atoms with Crippen LogP contribution in [0.15, 0.2) is 83.6 Å². The summed E-state index contributed by atoms with van der Waals surface area (Å²) in [6, 6.07) is 23.3. The average molecular weight is 495 g/mol. The minimum absolute atomic E-state index is 0.141. The first-order chi connectivity index (χ1) is 17.9. The van der Waals surface area contributed by atoms with Crippen LogP contribution >= 0.6 is 0 Å². The number of nitrogens with one attached hydrogen (secondary N) is 1. The first-order valence-corrected chi connectivity index (χ1v) is 12.4. The molecule has 4 aromatic rings. The fraction of sp³-hybridized carbons (Fsp3) is 0.233. The van der Waals surface area contributed by atoms with Crippen molar-refractivity contribution in [2.24, 2.45) is 0 Å². The van der Waals surface area contributed by atoms with Gasteiger partial charge < -0.3 is 19.5 Å². The summed E-state index contributed by atoms with van der Waals surface area (Å²) >= 11 is 0. The number of anilines is 2. The molecule has 0 saturated carbocycles. The molecule has 0 bridgehead atoms. The Bertz CT molecular complexity index is 1430. The minimum atomic E-state index is -0.283. The van der Waals surface area contributed by atoms with Crippen LogP contribution in [-0.4, -0.2) is 47.4 Å². The Kier molecular flexibility index (Phi) is 6.77. The third-order valence-corrected chi connectivity index (χ3v) is 6.74. The summed E-state index contributed by atoms with van der Waals surface area (Å²) in [6.07, 6.45) is 1.27. The van der Waals surface area contributed by atoms with Gasteiger partial charge in [-0.15, -0.1) is 0 Å². The van der Waals surface area contributed by atoms with E-state index in [-0.39, 0.29) is 23.6 Å². The third-order valence-electron chi connectivity index (χ3n) is 6.74. The predicted molar refractivity (Wildman–Crippen MR) is 145 cm³/mol. The number of benzene rings is 3. The van der Waals surface area contributed by atoms with E-state index in [1.54, 1.807) is 18.2 Å². The Balaban J connectivity index is 1.36. The molecule has 0 unspecified atom stereocenters. The van der Waals surface area contributed by atoms with Crippen molar-refractivity contribution in [3.05, 3.63) is 102 Å². The maximum Gasteiger partial charge on any atom is 0.276 e. The number of aromatic nitrogens is 1. The van der Waals surface area contributed by atoms with Crippen LogP contribution in [0.2, 0.25) is 0 Å². The maximum atomic E-state index is 13.6. The molecule has 5 rings (SSSR count). The van der Waals surface area contributed by atoms with Gasteiger partial charge in [-0.3, -0.25) is 9.59 Å². The summed E-state index contributed by atoms with van der Waals surface area (Å²) in [5.41, 5.74) is 5.32. The van der Waals surface area contributed by atoms with Gasteiger partial charge in [0.15, 0.2) is 17.8 Å². The lowest BCUT2D eigenvalue weighted by molar-refractivity contribution is 0.0721. The Morgan fingerprint density at radius 3 is 2.49 bits per heavy atom. The van der Waals surface area contributed by atoms with Gasteiger partial charge >= 0.3 is 0 Å². The van der Waals surface area contributed by atoms with E-state index in [4.69, 9.17) is 4.42 Å². The molecule has 1 aromatic heterocycles. The van der Waals surface area contributed by atoms with Gasteiger partial charge in [0.2, 0.25) is 0 Å². The van der Waals surface area contributed by atoms with E-state index >= 15 is 0 Å². The number of hydrogen-bond acceptors (Lipinski definition) is 5. The topological polar surface area (TPSA) is 78.7 Å². The zero-order chi connectivity index (χ0) is 25.9. The van der Waals surface area contributed by atoms with E-state index < -0.39 is 0 Å². The van der Waals surface area contributed by atoms with Crippen molar-refractivity contribution in [3.63, 3.8) is 0 Å². The highest BCUT2D eigenvalue weighted by atomic mass is 16.3. The minimum Gasteiger partial charge on any atom is -0.443 e. The SMILES string of the molecule is Cc1ccc(NC(=O)c2ccccc2-c2ocnc2C(=O)N2CCN(c3cccc(C)c3)[C@@H](C)C2)cc1. The molecule has 1 N–H and O–H groups in total. The van der Waals surface area contributed by atoms with Crippen LogP contribution in [-0.2, 0) is 0 Å². The summed E-state index contributed by atoms with van der Waals surface area (Å²) in [5.74, 6) is -0.184. The Morgan fingerprint density at radius 2 is 1.73 bits per heavy atom. The standard InChI is InChI=1S/C30H30N4O3/c1-20-11-13-23(14-12-20)32-29(35)26-10-5-4-9-25(26)28-27(31-19-37-28)30(36)33-15-16-34(22(3)18-33)24-8-6-7-21(2)17-24/h4-14,17,19,22H,15-16,18H2,1-3H3,(H,32,35)/t22-/m0/s1. The number of aryl methyl sites for hydroxylation is 2. The highest BCUT2D eigenvalue weighted by molar-refractivity contribution is 6.10. The fourth-order valence-corrected chi connectivity index (χ4v) is 4.79. The molecule has 1 aliphatic heterocycles. The number of hydrogen-bond donors (Lipinski definition) is 1. The molecule has 7 heteroatoms. The van der Waals surface area contributed by atoms with Gasteiger partial charge in [-0.25, -0.2) is 4.98 Å². The number of oxazole rings is 1. The lowest BCUT2D eigenvalue weighted by atomic mass is 10.0. The lowest BCUT2D eigenvalue weighted by Crippen LogP contribution is -2.54. The van der Waals surface area contributed by atoms with Crippen LogP contribution in [0.5, 0.6) is 0 Å². The van der Waals surface area contributed by atoms with E-state index in [2.05, 4.69) is 53.3 Å². The first kappa shape index (κ1) is 24.3. The monoisotopic (exact) mass is 494 g/mol. The van der Waals surface area contributed by atoms with E-state index in [0.717, 1.165) is 17.8 Å². The van der Waals surface area contributed by atoms with Gasteiger partial charge in [0.1, 0.15) is 0 Å². The molecule has 1 atom stereocenters. The molecule has 7 nitrogen and oxygen atoms in total.